The van der Waals surface area contributed by atoms with Crippen LogP contribution in [0, 0.1) is 0 Å². The number of rotatable bonds is 12. The van der Waals surface area contributed by atoms with Gasteiger partial charge in [0, 0.05) is 0 Å². The molecule has 114 valence electrons. The van der Waals surface area contributed by atoms with E-state index in [1.165, 1.54) is 44.9 Å². The minimum atomic E-state index is -4.23. The molecule has 10 heteroatoms. The molecular formula is C12H31Na5O4S. The maximum absolute atomic E-state index is 10.2. The number of hydrogen-bond acceptors (Lipinski definition) is 3. The molecule has 0 rings (SSSR count). The van der Waals surface area contributed by atoms with Crippen LogP contribution in [-0.4, -0.2) is 167 Å². The Morgan fingerprint density at radius 2 is 1.00 bits per heavy atom. The predicted octanol–water partition coefficient (Wildman–Crippen LogP) is 0.484. The summed E-state index contributed by atoms with van der Waals surface area (Å²) in [5.41, 5.74) is 0. The van der Waals surface area contributed by atoms with Gasteiger partial charge in [0.15, 0.2) is 0 Å². The van der Waals surface area contributed by atoms with Crippen molar-refractivity contribution >= 4 is 158 Å². The summed E-state index contributed by atoms with van der Waals surface area (Å²) in [5.74, 6) is 0. The van der Waals surface area contributed by atoms with Crippen molar-refractivity contribution < 1.29 is 17.2 Å². The van der Waals surface area contributed by atoms with Crippen molar-refractivity contribution in [3.63, 3.8) is 0 Å². The van der Waals surface area contributed by atoms with Crippen LogP contribution in [0.25, 0.3) is 0 Å². The summed E-state index contributed by atoms with van der Waals surface area (Å²) in [6.45, 7) is 2.31. The second-order valence-electron chi connectivity index (χ2n) is 4.43. The molecule has 0 spiro atoms. The average Bonchev–Trinajstić information content (AvgIpc) is 2.24. The molecule has 0 unspecified atom stereocenters. The van der Waals surface area contributed by atoms with Crippen LogP contribution < -0.4 is 0 Å². The summed E-state index contributed by atoms with van der Waals surface area (Å²) in [6, 6.07) is 0. The van der Waals surface area contributed by atoms with E-state index in [0.29, 0.717) is 6.42 Å². The van der Waals surface area contributed by atoms with Crippen LogP contribution in [0.1, 0.15) is 71.1 Å². The standard InChI is InChI=1S/C12H26O4S.5Na.5H/c1-2-3-4-5-6-7-8-9-10-11-12-16-17(13,14)15;;;;;;;;;;/h2-12H2,1H3,(H,13,14,15);;;;;;;;;;. The molecule has 0 aliphatic heterocycles. The van der Waals surface area contributed by atoms with E-state index in [1.807, 2.05) is 0 Å². The molecule has 0 aromatic heterocycles. The molecule has 0 aliphatic carbocycles. The van der Waals surface area contributed by atoms with Gasteiger partial charge in [-0.2, -0.15) is 8.42 Å². The third kappa shape index (κ3) is 39.8. The first kappa shape index (κ1) is 41.3. The molecule has 22 heavy (non-hydrogen) atoms. The quantitative estimate of drug-likeness (QED) is 0.301. The van der Waals surface area contributed by atoms with E-state index in [4.69, 9.17) is 4.55 Å². The van der Waals surface area contributed by atoms with Gasteiger partial charge in [0.05, 0.1) is 6.61 Å². The minimum absolute atomic E-state index is 0. The topological polar surface area (TPSA) is 63.6 Å². The van der Waals surface area contributed by atoms with Gasteiger partial charge in [-0.15, -0.1) is 0 Å². The van der Waals surface area contributed by atoms with E-state index in [2.05, 4.69) is 11.1 Å². The zero-order valence-electron chi connectivity index (χ0n) is 10.9. The van der Waals surface area contributed by atoms with Gasteiger partial charge in [-0.1, -0.05) is 64.7 Å². The Balaban J connectivity index is -0.000000128. The van der Waals surface area contributed by atoms with Crippen LogP contribution in [-0.2, 0) is 14.6 Å². The van der Waals surface area contributed by atoms with Crippen LogP contribution in [0.5, 0.6) is 0 Å². The third-order valence-electron chi connectivity index (χ3n) is 2.73. The molecule has 0 saturated carbocycles. The van der Waals surface area contributed by atoms with Gasteiger partial charge in [0.25, 0.3) is 0 Å². The molecule has 0 saturated heterocycles. The normalized spacial score (nSPS) is 9.18. The fourth-order valence-corrected chi connectivity index (χ4v) is 2.08. The summed E-state index contributed by atoms with van der Waals surface area (Å²) < 4.78 is 33.0. The number of unbranched alkanes of at least 4 members (excludes halogenated alkanes) is 9. The SMILES string of the molecule is CCCCCCCCCCCCOS(=O)(=O)O.[NaH].[NaH].[NaH].[NaH].[NaH]. The Hall–Kier alpha value is 4.87. The van der Waals surface area contributed by atoms with Crippen LogP contribution in [0.15, 0.2) is 0 Å². The van der Waals surface area contributed by atoms with Gasteiger partial charge < -0.3 is 0 Å². The second-order valence-corrected chi connectivity index (χ2v) is 5.52. The molecule has 4 nitrogen and oxygen atoms in total. The fraction of sp³-hybridized carbons (Fsp3) is 1.00. The van der Waals surface area contributed by atoms with Crippen molar-refractivity contribution in [3.05, 3.63) is 0 Å². The van der Waals surface area contributed by atoms with Gasteiger partial charge in [0.2, 0.25) is 0 Å². The van der Waals surface area contributed by atoms with Crippen LogP contribution in [0.3, 0.4) is 0 Å². The van der Waals surface area contributed by atoms with Gasteiger partial charge in [-0.3, -0.25) is 4.55 Å². The molecule has 0 heterocycles. The van der Waals surface area contributed by atoms with Crippen LogP contribution in [0.2, 0.25) is 0 Å². The van der Waals surface area contributed by atoms with Crippen LogP contribution in [0.4, 0.5) is 0 Å². The van der Waals surface area contributed by atoms with E-state index in [-0.39, 0.29) is 154 Å². The first-order valence-electron chi connectivity index (χ1n) is 6.68. The predicted molar refractivity (Wildman–Crippen MR) is 105 cm³/mol. The first-order valence-corrected chi connectivity index (χ1v) is 8.04. The maximum atomic E-state index is 10.2. The summed E-state index contributed by atoms with van der Waals surface area (Å²) in [5, 5.41) is 0. The zero-order valence-corrected chi connectivity index (χ0v) is 11.7. The van der Waals surface area contributed by atoms with E-state index in [1.54, 1.807) is 0 Å². The molecule has 0 aromatic rings. The molecule has 0 bridgehead atoms. The Kier molecular flexibility index (Phi) is 57.4. The Morgan fingerprint density at radius 3 is 1.32 bits per heavy atom. The Labute approximate surface area is 248 Å². The molecule has 1 N–H and O–H groups in total. The van der Waals surface area contributed by atoms with E-state index >= 15 is 0 Å². The molecular weight excluding hydrogens is 355 g/mol. The van der Waals surface area contributed by atoms with Crippen LogP contribution >= 0.6 is 0 Å². The average molecular weight is 386 g/mol. The van der Waals surface area contributed by atoms with Crippen molar-refractivity contribution in [2.75, 3.05) is 6.61 Å². The van der Waals surface area contributed by atoms with Crippen molar-refractivity contribution in [1.29, 1.82) is 0 Å². The van der Waals surface area contributed by atoms with Gasteiger partial charge >= 0.3 is 158 Å². The molecule has 0 aromatic carbocycles. The molecule has 0 atom stereocenters. The Bertz CT molecular complexity index is 266. The third-order valence-corrected chi connectivity index (χ3v) is 3.19. The summed E-state index contributed by atoms with van der Waals surface area (Å²) in [4.78, 5) is 0. The Morgan fingerprint density at radius 1 is 0.682 bits per heavy atom. The zero-order chi connectivity index (χ0) is 13.0. The summed E-state index contributed by atoms with van der Waals surface area (Å²) in [7, 11) is -4.23. The van der Waals surface area contributed by atoms with Crippen molar-refractivity contribution in [2.24, 2.45) is 0 Å². The summed E-state index contributed by atoms with van der Waals surface area (Å²) in [6.07, 6.45) is 11.9. The fourth-order valence-electron chi connectivity index (χ4n) is 1.75. The van der Waals surface area contributed by atoms with Crippen molar-refractivity contribution in [2.45, 2.75) is 71.1 Å². The molecule has 0 radical (unpaired) electrons. The molecule has 0 aliphatic rings. The van der Waals surface area contributed by atoms with E-state index in [0.717, 1.165) is 12.8 Å². The van der Waals surface area contributed by atoms with E-state index in [9.17, 15) is 8.42 Å². The van der Waals surface area contributed by atoms with Gasteiger partial charge in [-0.05, 0) is 6.42 Å². The van der Waals surface area contributed by atoms with Crippen molar-refractivity contribution in [1.82, 2.24) is 0 Å². The van der Waals surface area contributed by atoms with Gasteiger partial charge in [-0.25, -0.2) is 4.18 Å². The van der Waals surface area contributed by atoms with Gasteiger partial charge in [0.1, 0.15) is 0 Å². The number of hydrogen-bond donors (Lipinski definition) is 1. The monoisotopic (exact) mass is 386 g/mol. The first-order chi connectivity index (χ1) is 8.06. The summed E-state index contributed by atoms with van der Waals surface area (Å²) >= 11 is 0. The van der Waals surface area contributed by atoms with E-state index < -0.39 is 10.4 Å². The molecule has 0 fully saturated rings. The second kappa shape index (κ2) is 30.6. The molecule has 0 amide bonds. The van der Waals surface area contributed by atoms with Crippen molar-refractivity contribution in [3.8, 4) is 0 Å².